The van der Waals surface area contributed by atoms with Crippen molar-refractivity contribution < 1.29 is 18.0 Å². The maximum absolute atomic E-state index is 12.5. The van der Waals surface area contributed by atoms with Crippen molar-refractivity contribution in [2.45, 2.75) is 19.5 Å². The SMILES string of the molecule is Cc1cc(C(F)(F)F)ccc1C(=O)Cc1cccs1. The van der Waals surface area contributed by atoms with Gasteiger partial charge in [-0.1, -0.05) is 12.1 Å². The second kappa shape index (κ2) is 5.17. The molecule has 0 fully saturated rings. The minimum absolute atomic E-state index is 0.159. The Bertz CT molecular complexity index is 585. The number of Topliss-reactive ketones (excluding diaryl/α,β-unsaturated/α-hetero) is 1. The highest BCUT2D eigenvalue weighted by molar-refractivity contribution is 7.10. The quantitative estimate of drug-likeness (QED) is 0.758. The lowest BCUT2D eigenvalue weighted by Crippen LogP contribution is -2.09. The van der Waals surface area contributed by atoms with E-state index in [4.69, 9.17) is 0 Å². The molecule has 19 heavy (non-hydrogen) atoms. The fourth-order valence-corrected chi connectivity index (χ4v) is 2.52. The summed E-state index contributed by atoms with van der Waals surface area (Å²) in [5.74, 6) is -0.159. The summed E-state index contributed by atoms with van der Waals surface area (Å²) in [6.45, 7) is 1.52. The van der Waals surface area contributed by atoms with Crippen LogP contribution in [0.1, 0.15) is 26.4 Å². The molecule has 0 spiro atoms. The molecule has 0 unspecified atom stereocenters. The molecule has 2 aromatic rings. The van der Waals surface area contributed by atoms with Crippen LogP contribution in [0.3, 0.4) is 0 Å². The van der Waals surface area contributed by atoms with Crippen LogP contribution < -0.4 is 0 Å². The molecule has 1 aromatic carbocycles. The van der Waals surface area contributed by atoms with Crippen molar-refractivity contribution in [1.82, 2.24) is 0 Å². The fraction of sp³-hybridized carbons (Fsp3) is 0.214. The van der Waals surface area contributed by atoms with Gasteiger partial charge in [-0.05, 0) is 36.1 Å². The van der Waals surface area contributed by atoms with Gasteiger partial charge in [0.15, 0.2) is 5.78 Å². The Balaban J connectivity index is 2.24. The molecule has 0 radical (unpaired) electrons. The fourth-order valence-electron chi connectivity index (χ4n) is 1.82. The van der Waals surface area contributed by atoms with E-state index in [0.717, 1.165) is 17.0 Å². The van der Waals surface area contributed by atoms with E-state index in [-0.39, 0.29) is 12.2 Å². The summed E-state index contributed by atoms with van der Waals surface area (Å²) < 4.78 is 37.6. The lowest BCUT2D eigenvalue weighted by Gasteiger charge is -2.10. The Morgan fingerprint density at radius 1 is 1.26 bits per heavy atom. The number of hydrogen-bond acceptors (Lipinski definition) is 2. The molecule has 1 nitrogen and oxygen atoms in total. The average Bonchev–Trinajstić information content (AvgIpc) is 2.80. The minimum atomic E-state index is -4.37. The maximum atomic E-state index is 12.5. The summed E-state index contributed by atoms with van der Waals surface area (Å²) in [4.78, 5) is 12.9. The number of halogens is 3. The van der Waals surface area contributed by atoms with Gasteiger partial charge in [0, 0.05) is 16.9 Å². The van der Waals surface area contributed by atoms with Crippen molar-refractivity contribution in [3.8, 4) is 0 Å². The largest absolute Gasteiger partial charge is 0.416 e. The third-order valence-electron chi connectivity index (χ3n) is 2.77. The Morgan fingerprint density at radius 3 is 2.53 bits per heavy atom. The van der Waals surface area contributed by atoms with Crippen molar-refractivity contribution in [2.24, 2.45) is 0 Å². The van der Waals surface area contributed by atoms with E-state index in [1.807, 2.05) is 17.5 Å². The summed E-state index contributed by atoms with van der Waals surface area (Å²) in [5, 5.41) is 1.86. The molecule has 0 bridgehead atoms. The second-order valence-corrected chi connectivity index (χ2v) is 5.24. The molecular formula is C14H11F3OS. The number of ketones is 1. The number of thiophene rings is 1. The molecule has 0 saturated heterocycles. The van der Waals surface area contributed by atoms with E-state index < -0.39 is 11.7 Å². The number of alkyl halides is 3. The topological polar surface area (TPSA) is 17.1 Å². The smallest absolute Gasteiger partial charge is 0.294 e. The summed E-state index contributed by atoms with van der Waals surface area (Å²) in [6.07, 6.45) is -4.15. The predicted octanol–water partition coefficient (Wildman–Crippen LogP) is 4.50. The third-order valence-corrected chi connectivity index (χ3v) is 3.65. The monoisotopic (exact) mass is 284 g/mol. The average molecular weight is 284 g/mol. The van der Waals surface area contributed by atoms with Crippen LogP contribution in [0.2, 0.25) is 0 Å². The molecule has 0 N–H and O–H groups in total. The van der Waals surface area contributed by atoms with Crippen LogP contribution in [-0.2, 0) is 12.6 Å². The first-order valence-electron chi connectivity index (χ1n) is 5.61. The predicted molar refractivity (Wildman–Crippen MR) is 68.5 cm³/mol. The van der Waals surface area contributed by atoms with Crippen LogP contribution >= 0.6 is 11.3 Å². The first-order chi connectivity index (χ1) is 8.88. The second-order valence-electron chi connectivity index (χ2n) is 4.21. The van der Waals surface area contributed by atoms with Crippen molar-refractivity contribution in [3.63, 3.8) is 0 Å². The molecule has 0 atom stereocenters. The normalized spacial score (nSPS) is 11.6. The summed E-state index contributed by atoms with van der Waals surface area (Å²) in [6, 6.07) is 6.90. The van der Waals surface area contributed by atoms with Crippen LogP contribution in [-0.4, -0.2) is 5.78 Å². The molecule has 2 rings (SSSR count). The van der Waals surface area contributed by atoms with Gasteiger partial charge < -0.3 is 0 Å². The van der Waals surface area contributed by atoms with Crippen molar-refractivity contribution in [1.29, 1.82) is 0 Å². The van der Waals surface area contributed by atoms with Gasteiger partial charge in [0.25, 0.3) is 0 Å². The highest BCUT2D eigenvalue weighted by Gasteiger charge is 2.30. The van der Waals surface area contributed by atoms with E-state index in [9.17, 15) is 18.0 Å². The standard InChI is InChI=1S/C14H11F3OS/c1-9-7-10(14(15,16)17)4-5-12(9)13(18)8-11-3-2-6-19-11/h2-7H,8H2,1H3. The van der Waals surface area contributed by atoms with E-state index in [2.05, 4.69) is 0 Å². The zero-order valence-electron chi connectivity index (χ0n) is 10.1. The third kappa shape index (κ3) is 3.23. The summed E-state index contributed by atoms with van der Waals surface area (Å²) in [5.41, 5.74) is -0.0181. The number of rotatable bonds is 3. The molecule has 0 aliphatic heterocycles. The molecule has 5 heteroatoms. The molecule has 0 saturated carbocycles. The molecule has 0 aliphatic carbocycles. The Labute approximate surface area is 112 Å². The number of carbonyl (C=O) groups excluding carboxylic acids is 1. The van der Waals surface area contributed by atoms with Crippen LogP contribution in [0.4, 0.5) is 13.2 Å². The Morgan fingerprint density at radius 2 is 2.00 bits per heavy atom. The highest BCUT2D eigenvalue weighted by atomic mass is 32.1. The van der Waals surface area contributed by atoms with Crippen molar-refractivity contribution in [3.05, 3.63) is 57.3 Å². The van der Waals surface area contributed by atoms with Gasteiger partial charge >= 0.3 is 6.18 Å². The van der Waals surface area contributed by atoms with Crippen LogP contribution in [0.25, 0.3) is 0 Å². The lowest BCUT2D eigenvalue weighted by molar-refractivity contribution is -0.137. The van der Waals surface area contributed by atoms with Gasteiger partial charge in [0.2, 0.25) is 0 Å². The van der Waals surface area contributed by atoms with E-state index in [0.29, 0.717) is 11.1 Å². The minimum Gasteiger partial charge on any atom is -0.294 e. The van der Waals surface area contributed by atoms with Gasteiger partial charge in [-0.15, -0.1) is 11.3 Å². The molecule has 1 aromatic heterocycles. The lowest BCUT2D eigenvalue weighted by atomic mass is 9.99. The number of hydrogen-bond donors (Lipinski definition) is 0. The zero-order chi connectivity index (χ0) is 14.0. The van der Waals surface area contributed by atoms with Crippen LogP contribution in [0, 0.1) is 6.92 Å². The van der Waals surface area contributed by atoms with E-state index >= 15 is 0 Å². The van der Waals surface area contributed by atoms with Crippen LogP contribution in [0.5, 0.6) is 0 Å². The highest BCUT2D eigenvalue weighted by Crippen LogP contribution is 2.30. The van der Waals surface area contributed by atoms with Crippen LogP contribution in [0.15, 0.2) is 35.7 Å². The van der Waals surface area contributed by atoms with Crippen molar-refractivity contribution >= 4 is 17.1 Å². The summed E-state index contributed by atoms with van der Waals surface area (Å²) in [7, 11) is 0. The van der Waals surface area contributed by atoms with Crippen molar-refractivity contribution in [2.75, 3.05) is 0 Å². The van der Waals surface area contributed by atoms with E-state index in [1.54, 1.807) is 0 Å². The Hall–Kier alpha value is -1.62. The van der Waals surface area contributed by atoms with Gasteiger partial charge in [0.05, 0.1) is 5.56 Å². The summed E-state index contributed by atoms with van der Waals surface area (Å²) >= 11 is 1.46. The first-order valence-corrected chi connectivity index (χ1v) is 6.49. The number of carbonyl (C=O) groups is 1. The first kappa shape index (κ1) is 13.8. The number of aryl methyl sites for hydroxylation is 1. The zero-order valence-corrected chi connectivity index (χ0v) is 10.9. The Kier molecular flexibility index (Phi) is 3.75. The molecule has 100 valence electrons. The molecular weight excluding hydrogens is 273 g/mol. The van der Waals surface area contributed by atoms with Gasteiger partial charge in [-0.3, -0.25) is 4.79 Å². The molecule has 1 heterocycles. The molecule has 0 amide bonds. The van der Waals surface area contributed by atoms with Gasteiger partial charge in [0.1, 0.15) is 0 Å². The van der Waals surface area contributed by atoms with Gasteiger partial charge in [-0.2, -0.15) is 13.2 Å². The van der Waals surface area contributed by atoms with E-state index in [1.165, 1.54) is 24.3 Å². The van der Waals surface area contributed by atoms with Gasteiger partial charge in [-0.25, -0.2) is 0 Å². The maximum Gasteiger partial charge on any atom is 0.416 e. The molecule has 0 aliphatic rings. The number of benzene rings is 1.